The Kier molecular flexibility index (Phi) is 4.29. The zero-order valence-electron chi connectivity index (χ0n) is 14.5. The summed E-state index contributed by atoms with van der Waals surface area (Å²) < 4.78 is 10.6. The summed E-state index contributed by atoms with van der Waals surface area (Å²) in [5.41, 5.74) is 1.02. The maximum Gasteiger partial charge on any atom is 0.338 e. The van der Waals surface area contributed by atoms with Crippen molar-refractivity contribution in [3.05, 3.63) is 29.8 Å². The van der Waals surface area contributed by atoms with Gasteiger partial charge in [0.2, 0.25) is 5.91 Å². The molecule has 3 fully saturated rings. The zero-order chi connectivity index (χ0) is 18.6. The third kappa shape index (κ3) is 2.73. The van der Waals surface area contributed by atoms with E-state index in [0.717, 1.165) is 6.42 Å². The molecule has 0 radical (unpaired) electrons. The van der Waals surface area contributed by atoms with Crippen LogP contribution in [-0.4, -0.2) is 34.9 Å². The van der Waals surface area contributed by atoms with Crippen molar-refractivity contribution >= 4 is 39.5 Å². The van der Waals surface area contributed by atoms with Gasteiger partial charge in [0.15, 0.2) is 0 Å². The third-order valence-corrected chi connectivity index (χ3v) is 6.76. The van der Waals surface area contributed by atoms with Gasteiger partial charge in [0.1, 0.15) is 6.10 Å². The monoisotopic (exact) mass is 421 g/mol. The smallest absolute Gasteiger partial charge is 0.338 e. The number of nitrogens with one attached hydrogen (secondary N) is 1. The topological polar surface area (TPSA) is 81.7 Å². The lowest BCUT2D eigenvalue weighted by molar-refractivity contribution is -0.145. The highest BCUT2D eigenvalue weighted by atomic mass is 79.9. The number of amides is 1. The second-order valence-electron chi connectivity index (χ2n) is 7.48. The summed E-state index contributed by atoms with van der Waals surface area (Å²) >= 11 is 3.61. The van der Waals surface area contributed by atoms with Gasteiger partial charge >= 0.3 is 11.9 Å². The Morgan fingerprint density at radius 2 is 1.92 bits per heavy atom. The van der Waals surface area contributed by atoms with Gasteiger partial charge in [-0.3, -0.25) is 9.59 Å². The Labute approximate surface area is 159 Å². The normalized spacial score (nSPS) is 34.1. The lowest BCUT2D eigenvalue weighted by Gasteiger charge is -2.27. The van der Waals surface area contributed by atoms with E-state index in [1.807, 2.05) is 0 Å². The van der Waals surface area contributed by atoms with Crippen LogP contribution in [0.3, 0.4) is 0 Å². The number of hydrogen-bond donors (Lipinski definition) is 1. The number of hydrogen-bond acceptors (Lipinski definition) is 5. The van der Waals surface area contributed by atoms with Gasteiger partial charge in [0.25, 0.3) is 0 Å². The predicted molar refractivity (Wildman–Crippen MR) is 96.8 cm³/mol. The van der Waals surface area contributed by atoms with Crippen LogP contribution in [0.25, 0.3) is 0 Å². The number of fused-ring (bicyclic) bond motifs is 1. The van der Waals surface area contributed by atoms with Gasteiger partial charge in [-0.05, 0) is 50.5 Å². The van der Waals surface area contributed by atoms with Crippen molar-refractivity contribution in [3.63, 3.8) is 0 Å². The summed E-state index contributed by atoms with van der Waals surface area (Å²) in [6, 6.07) is 6.58. The fourth-order valence-corrected chi connectivity index (χ4v) is 5.57. The molecule has 1 aliphatic heterocycles. The summed E-state index contributed by atoms with van der Waals surface area (Å²) in [4.78, 5) is 36.9. The molecule has 1 heterocycles. The van der Waals surface area contributed by atoms with Crippen molar-refractivity contribution in [3.8, 4) is 0 Å². The third-order valence-electron chi connectivity index (χ3n) is 5.56. The van der Waals surface area contributed by atoms with E-state index in [4.69, 9.17) is 9.47 Å². The number of ether oxygens (including phenoxy) is 2. The highest BCUT2D eigenvalue weighted by molar-refractivity contribution is 9.09. The molecule has 1 N–H and O–H groups in total. The summed E-state index contributed by atoms with van der Waals surface area (Å²) in [7, 11) is 0. The standard InChI is InChI=1S/C19H20BrNO5/c1-8(2)25-18(23)9-3-5-10(6-4-9)21-17(22)13-11-7-12-14(13)19(24)26-16(12)15(11)20/h3-6,8,11-16H,7H2,1-2H3,(H,21,22)/t11-,12-,13-,14+,15-,16+/m1/s1. The fourth-order valence-electron chi connectivity index (χ4n) is 4.53. The van der Waals surface area contributed by atoms with Crippen LogP contribution in [0.2, 0.25) is 0 Å². The van der Waals surface area contributed by atoms with Crippen molar-refractivity contribution in [1.82, 2.24) is 0 Å². The van der Waals surface area contributed by atoms with E-state index in [-0.39, 0.29) is 52.6 Å². The molecule has 0 unspecified atom stereocenters. The molecule has 1 aromatic rings. The Morgan fingerprint density at radius 1 is 1.23 bits per heavy atom. The van der Waals surface area contributed by atoms with E-state index in [9.17, 15) is 14.4 Å². The number of anilines is 1. The van der Waals surface area contributed by atoms with E-state index >= 15 is 0 Å². The number of halogens is 1. The molecular weight excluding hydrogens is 402 g/mol. The molecule has 2 aliphatic carbocycles. The van der Waals surface area contributed by atoms with Crippen LogP contribution in [-0.2, 0) is 19.1 Å². The highest BCUT2D eigenvalue weighted by Crippen LogP contribution is 2.60. The molecule has 138 valence electrons. The van der Waals surface area contributed by atoms with E-state index < -0.39 is 5.97 Å². The molecule has 1 aromatic carbocycles. The van der Waals surface area contributed by atoms with Crippen LogP contribution in [0, 0.1) is 23.7 Å². The summed E-state index contributed by atoms with van der Waals surface area (Å²) in [5, 5.41) is 2.88. The van der Waals surface area contributed by atoms with Crippen molar-refractivity contribution in [2.75, 3.05) is 5.32 Å². The maximum absolute atomic E-state index is 12.8. The molecule has 7 heteroatoms. The molecule has 2 saturated carbocycles. The minimum atomic E-state index is -0.396. The van der Waals surface area contributed by atoms with Gasteiger partial charge in [-0.1, -0.05) is 15.9 Å². The first-order chi connectivity index (χ1) is 12.4. The van der Waals surface area contributed by atoms with Crippen LogP contribution >= 0.6 is 15.9 Å². The molecule has 0 aromatic heterocycles. The first-order valence-corrected chi connectivity index (χ1v) is 9.75. The van der Waals surface area contributed by atoms with Crippen molar-refractivity contribution in [2.45, 2.75) is 37.3 Å². The Balaban J connectivity index is 1.46. The molecule has 4 rings (SSSR count). The SMILES string of the molecule is CC(C)OC(=O)c1ccc(NC(=O)[C@@H]2[C@H]3C[C@H]4[C@H](OC(=O)[C@@H]42)[C@@H]3Br)cc1. The van der Waals surface area contributed by atoms with Crippen molar-refractivity contribution < 1.29 is 23.9 Å². The van der Waals surface area contributed by atoms with Crippen LogP contribution < -0.4 is 5.32 Å². The summed E-state index contributed by atoms with van der Waals surface area (Å²) in [5.74, 6) is -1.27. The Morgan fingerprint density at radius 3 is 2.58 bits per heavy atom. The van der Waals surface area contributed by atoms with E-state index in [1.54, 1.807) is 38.1 Å². The second-order valence-corrected chi connectivity index (χ2v) is 8.54. The predicted octanol–water partition coefficient (Wildman–Crippen LogP) is 2.76. The fraction of sp³-hybridized carbons (Fsp3) is 0.526. The number of rotatable bonds is 4. The molecule has 6 nitrogen and oxygen atoms in total. The number of esters is 2. The van der Waals surface area contributed by atoms with E-state index in [1.165, 1.54) is 0 Å². The van der Waals surface area contributed by atoms with Crippen molar-refractivity contribution in [2.24, 2.45) is 23.7 Å². The number of carbonyl (C=O) groups excluding carboxylic acids is 3. The van der Waals surface area contributed by atoms with Gasteiger partial charge in [0.05, 0.1) is 28.3 Å². The maximum atomic E-state index is 12.8. The molecule has 26 heavy (non-hydrogen) atoms. The number of carbonyl (C=O) groups is 3. The van der Waals surface area contributed by atoms with E-state index in [0.29, 0.717) is 11.3 Å². The average Bonchev–Trinajstić information content (AvgIpc) is 3.19. The minimum absolute atomic E-state index is 0.0409. The van der Waals surface area contributed by atoms with Crippen LogP contribution in [0.4, 0.5) is 5.69 Å². The molecule has 3 aliphatic rings. The molecular formula is C19H20BrNO5. The first-order valence-electron chi connectivity index (χ1n) is 8.83. The van der Waals surface area contributed by atoms with Crippen LogP contribution in [0.15, 0.2) is 24.3 Å². The quantitative estimate of drug-likeness (QED) is 0.596. The molecule has 6 atom stereocenters. The van der Waals surface area contributed by atoms with Crippen LogP contribution in [0.5, 0.6) is 0 Å². The lowest BCUT2D eigenvalue weighted by Crippen LogP contribution is -2.40. The Bertz CT molecular complexity index is 762. The van der Waals surface area contributed by atoms with Gasteiger partial charge in [-0.2, -0.15) is 0 Å². The number of benzene rings is 1. The van der Waals surface area contributed by atoms with E-state index in [2.05, 4.69) is 21.2 Å². The van der Waals surface area contributed by atoms with Crippen LogP contribution in [0.1, 0.15) is 30.6 Å². The average molecular weight is 422 g/mol. The van der Waals surface area contributed by atoms with Gasteiger partial charge < -0.3 is 14.8 Å². The summed E-state index contributed by atoms with van der Waals surface area (Å²) in [6.07, 6.45) is 0.564. The lowest BCUT2D eigenvalue weighted by atomic mass is 9.79. The summed E-state index contributed by atoms with van der Waals surface area (Å²) in [6.45, 7) is 3.58. The zero-order valence-corrected chi connectivity index (χ0v) is 16.1. The van der Waals surface area contributed by atoms with Gasteiger partial charge in [-0.15, -0.1) is 0 Å². The number of alkyl halides is 1. The first kappa shape index (κ1) is 17.5. The minimum Gasteiger partial charge on any atom is -0.461 e. The second kappa shape index (κ2) is 6.37. The largest absolute Gasteiger partial charge is 0.461 e. The molecule has 2 bridgehead atoms. The van der Waals surface area contributed by atoms with Gasteiger partial charge in [0, 0.05) is 11.6 Å². The molecule has 1 saturated heterocycles. The Hall–Kier alpha value is -1.89. The highest BCUT2D eigenvalue weighted by Gasteiger charge is 2.67. The van der Waals surface area contributed by atoms with Crippen molar-refractivity contribution in [1.29, 1.82) is 0 Å². The molecule has 1 amide bonds. The van der Waals surface area contributed by atoms with Gasteiger partial charge in [-0.25, -0.2) is 4.79 Å². The molecule has 0 spiro atoms.